The molecule has 112 valence electrons. The first-order chi connectivity index (χ1) is 9.39. The SMILES string of the molecule is CCC[C@H]1CN(c2nccc(N)n2)C[C@@H]1NS(C)(=O)=O. The molecule has 1 aliphatic rings. The normalized spacial score (nSPS) is 23.2. The third-order valence-corrected chi connectivity index (χ3v) is 4.14. The molecule has 0 aromatic carbocycles. The lowest BCUT2D eigenvalue weighted by molar-refractivity contribution is 0.442. The van der Waals surface area contributed by atoms with Crippen LogP contribution in [0.3, 0.4) is 0 Å². The molecule has 1 aliphatic heterocycles. The Hall–Kier alpha value is -1.41. The van der Waals surface area contributed by atoms with Gasteiger partial charge in [-0.1, -0.05) is 13.3 Å². The molecule has 2 atom stereocenters. The Labute approximate surface area is 119 Å². The number of aromatic nitrogens is 2. The Bertz CT molecular complexity index is 563. The summed E-state index contributed by atoms with van der Waals surface area (Å²) in [6.07, 6.45) is 4.78. The molecule has 1 aromatic heterocycles. The van der Waals surface area contributed by atoms with E-state index in [-0.39, 0.29) is 12.0 Å². The number of nitrogens with one attached hydrogen (secondary N) is 1. The third-order valence-electron chi connectivity index (χ3n) is 3.41. The molecular formula is C12H21N5O2S. The van der Waals surface area contributed by atoms with Gasteiger partial charge in [0, 0.05) is 25.3 Å². The molecule has 0 amide bonds. The van der Waals surface area contributed by atoms with Crippen LogP contribution in [0, 0.1) is 5.92 Å². The highest BCUT2D eigenvalue weighted by Gasteiger charge is 2.34. The molecular weight excluding hydrogens is 278 g/mol. The zero-order chi connectivity index (χ0) is 14.8. The summed E-state index contributed by atoms with van der Waals surface area (Å²) in [4.78, 5) is 10.4. The molecule has 0 unspecified atom stereocenters. The molecule has 1 aromatic rings. The van der Waals surface area contributed by atoms with E-state index in [0.29, 0.717) is 18.3 Å². The zero-order valence-corrected chi connectivity index (χ0v) is 12.6. The first kappa shape index (κ1) is 15.0. The van der Waals surface area contributed by atoms with Gasteiger partial charge in [-0.15, -0.1) is 0 Å². The van der Waals surface area contributed by atoms with Gasteiger partial charge in [-0.3, -0.25) is 0 Å². The van der Waals surface area contributed by atoms with E-state index in [1.807, 2.05) is 4.90 Å². The van der Waals surface area contributed by atoms with Crippen molar-refractivity contribution in [1.29, 1.82) is 0 Å². The number of sulfonamides is 1. The predicted molar refractivity (Wildman–Crippen MR) is 78.8 cm³/mol. The average Bonchev–Trinajstić information content (AvgIpc) is 2.71. The smallest absolute Gasteiger partial charge is 0.227 e. The molecule has 7 nitrogen and oxygen atoms in total. The molecule has 20 heavy (non-hydrogen) atoms. The second-order valence-electron chi connectivity index (χ2n) is 5.23. The minimum Gasteiger partial charge on any atom is -0.384 e. The molecule has 0 spiro atoms. The van der Waals surface area contributed by atoms with Crippen molar-refractivity contribution in [2.75, 3.05) is 30.0 Å². The summed E-state index contributed by atoms with van der Waals surface area (Å²) < 4.78 is 25.6. The van der Waals surface area contributed by atoms with Crippen molar-refractivity contribution in [1.82, 2.24) is 14.7 Å². The lowest BCUT2D eigenvalue weighted by Crippen LogP contribution is -2.40. The summed E-state index contributed by atoms with van der Waals surface area (Å²) in [5.41, 5.74) is 5.67. The Kier molecular flexibility index (Phi) is 4.44. The summed E-state index contributed by atoms with van der Waals surface area (Å²) in [5.74, 6) is 1.24. The summed E-state index contributed by atoms with van der Waals surface area (Å²) in [6.45, 7) is 3.41. The van der Waals surface area contributed by atoms with Crippen molar-refractivity contribution >= 4 is 21.8 Å². The van der Waals surface area contributed by atoms with Gasteiger partial charge in [0.15, 0.2) is 0 Å². The van der Waals surface area contributed by atoms with Crippen molar-refractivity contribution in [2.24, 2.45) is 5.92 Å². The molecule has 0 aliphatic carbocycles. The maximum absolute atomic E-state index is 11.5. The van der Waals surface area contributed by atoms with Gasteiger partial charge >= 0.3 is 0 Å². The van der Waals surface area contributed by atoms with Crippen LogP contribution < -0.4 is 15.4 Å². The maximum Gasteiger partial charge on any atom is 0.227 e. The van der Waals surface area contributed by atoms with Crippen LogP contribution in [0.1, 0.15) is 19.8 Å². The number of hydrogen-bond donors (Lipinski definition) is 2. The maximum atomic E-state index is 11.5. The summed E-state index contributed by atoms with van der Waals surface area (Å²) >= 11 is 0. The van der Waals surface area contributed by atoms with Crippen LogP contribution >= 0.6 is 0 Å². The molecule has 0 bridgehead atoms. The Morgan fingerprint density at radius 2 is 2.25 bits per heavy atom. The van der Waals surface area contributed by atoms with Crippen molar-refractivity contribution in [3.05, 3.63) is 12.3 Å². The standard InChI is InChI=1S/C12H21N5O2S/c1-3-4-9-7-17(8-10(9)16-20(2,18)19)12-14-6-5-11(13)15-12/h5-6,9-10,16H,3-4,7-8H2,1-2H3,(H2,13,14,15)/t9-,10-/m0/s1. The monoisotopic (exact) mass is 299 g/mol. The van der Waals surface area contributed by atoms with E-state index < -0.39 is 10.0 Å². The first-order valence-electron chi connectivity index (χ1n) is 6.70. The summed E-state index contributed by atoms with van der Waals surface area (Å²) in [6, 6.07) is 1.53. The number of anilines is 2. The number of rotatable bonds is 5. The van der Waals surface area contributed by atoms with E-state index in [9.17, 15) is 8.42 Å². The summed E-state index contributed by atoms with van der Waals surface area (Å²) in [7, 11) is -3.21. The molecule has 1 fully saturated rings. The van der Waals surface area contributed by atoms with Crippen LogP contribution in [0.2, 0.25) is 0 Å². The fourth-order valence-electron chi connectivity index (χ4n) is 2.62. The van der Waals surface area contributed by atoms with Gasteiger partial charge in [0.1, 0.15) is 5.82 Å². The average molecular weight is 299 g/mol. The van der Waals surface area contributed by atoms with Crippen LogP contribution in [-0.2, 0) is 10.0 Å². The molecule has 2 heterocycles. The number of hydrogen-bond acceptors (Lipinski definition) is 6. The fourth-order valence-corrected chi connectivity index (χ4v) is 3.44. The number of nitrogen functional groups attached to an aromatic ring is 1. The highest BCUT2D eigenvalue weighted by atomic mass is 32.2. The zero-order valence-electron chi connectivity index (χ0n) is 11.8. The van der Waals surface area contributed by atoms with Crippen LogP contribution in [0.15, 0.2) is 12.3 Å². The minimum atomic E-state index is -3.21. The van der Waals surface area contributed by atoms with Crippen LogP contribution in [0.25, 0.3) is 0 Å². The van der Waals surface area contributed by atoms with Gasteiger partial charge in [-0.2, -0.15) is 4.98 Å². The van der Waals surface area contributed by atoms with Gasteiger partial charge < -0.3 is 10.6 Å². The Morgan fingerprint density at radius 1 is 1.50 bits per heavy atom. The van der Waals surface area contributed by atoms with Crippen LogP contribution in [0.4, 0.5) is 11.8 Å². The molecule has 2 rings (SSSR count). The molecule has 3 N–H and O–H groups in total. The van der Waals surface area contributed by atoms with Crippen LogP contribution in [-0.4, -0.2) is 43.8 Å². The van der Waals surface area contributed by atoms with Crippen LogP contribution in [0.5, 0.6) is 0 Å². The van der Waals surface area contributed by atoms with Gasteiger partial charge in [-0.25, -0.2) is 18.1 Å². The second kappa shape index (κ2) is 5.92. The number of nitrogens with two attached hydrogens (primary N) is 1. The van der Waals surface area contributed by atoms with E-state index in [2.05, 4.69) is 21.6 Å². The lowest BCUT2D eigenvalue weighted by atomic mass is 9.99. The third kappa shape index (κ3) is 3.80. The molecule has 0 radical (unpaired) electrons. The highest BCUT2D eigenvalue weighted by molar-refractivity contribution is 7.88. The van der Waals surface area contributed by atoms with E-state index in [0.717, 1.165) is 19.4 Å². The molecule has 0 saturated carbocycles. The Balaban J connectivity index is 2.15. The largest absolute Gasteiger partial charge is 0.384 e. The number of nitrogens with zero attached hydrogens (tertiary/aromatic N) is 3. The van der Waals surface area contributed by atoms with E-state index >= 15 is 0 Å². The second-order valence-corrected chi connectivity index (χ2v) is 7.01. The van der Waals surface area contributed by atoms with Gasteiger partial charge in [0.25, 0.3) is 0 Å². The minimum absolute atomic E-state index is 0.102. The van der Waals surface area contributed by atoms with Gasteiger partial charge in [-0.05, 0) is 18.4 Å². The van der Waals surface area contributed by atoms with E-state index in [1.54, 1.807) is 12.3 Å². The van der Waals surface area contributed by atoms with Crippen molar-refractivity contribution in [2.45, 2.75) is 25.8 Å². The molecule has 8 heteroatoms. The summed E-state index contributed by atoms with van der Waals surface area (Å²) in [5, 5.41) is 0. The van der Waals surface area contributed by atoms with Gasteiger partial charge in [0.2, 0.25) is 16.0 Å². The van der Waals surface area contributed by atoms with E-state index in [4.69, 9.17) is 5.73 Å². The lowest BCUT2D eigenvalue weighted by Gasteiger charge is -2.17. The Morgan fingerprint density at radius 3 is 2.85 bits per heavy atom. The fraction of sp³-hybridized carbons (Fsp3) is 0.667. The topological polar surface area (TPSA) is 101 Å². The highest BCUT2D eigenvalue weighted by Crippen LogP contribution is 2.25. The quantitative estimate of drug-likeness (QED) is 0.806. The van der Waals surface area contributed by atoms with E-state index in [1.165, 1.54) is 6.26 Å². The predicted octanol–water partition coefficient (Wildman–Crippen LogP) is 0.213. The van der Waals surface area contributed by atoms with Crippen molar-refractivity contribution in [3.63, 3.8) is 0 Å². The molecule has 1 saturated heterocycles. The van der Waals surface area contributed by atoms with Gasteiger partial charge in [0.05, 0.1) is 6.26 Å². The van der Waals surface area contributed by atoms with Crippen molar-refractivity contribution < 1.29 is 8.42 Å². The first-order valence-corrected chi connectivity index (χ1v) is 8.59. The van der Waals surface area contributed by atoms with Crippen molar-refractivity contribution in [3.8, 4) is 0 Å².